The van der Waals surface area contributed by atoms with Gasteiger partial charge in [0.2, 0.25) is 10.0 Å². The monoisotopic (exact) mass is 881 g/mol. The minimum absolute atomic E-state index is 0.0554. The third kappa shape index (κ3) is 10.4. The number of esters is 2. The van der Waals surface area contributed by atoms with Crippen molar-refractivity contribution in [1.82, 2.24) is 9.62 Å². The lowest BCUT2D eigenvalue weighted by Crippen LogP contribution is -2.52. The molecular weight excluding hydrogens is 845 g/mol. The molecule has 1 aromatic heterocycles. The molecule has 8 rings (SSSR count). The zero-order valence-corrected chi connectivity index (χ0v) is 33.3. The first kappa shape index (κ1) is 42.4. The van der Waals surface area contributed by atoms with Crippen molar-refractivity contribution in [3.8, 4) is 11.5 Å². The number of ether oxygens (including phenoxy) is 4. The van der Waals surface area contributed by atoms with E-state index in [0.717, 1.165) is 75.4 Å². The van der Waals surface area contributed by atoms with Crippen LogP contribution in [0.1, 0.15) is 64.9 Å². The van der Waals surface area contributed by atoms with Gasteiger partial charge >= 0.3 is 18.6 Å². The van der Waals surface area contributed by atoms with Crippen LogP contribution in [0.3, 0.4) is 0 Å². The number of hydrogen-bond donors (Lipinski definition) is 1. The number of aromatic nitrogens is 1. The van der Waals surface area contributed by atoms with Crippen LogP contribution in [-0.2, 0) is 30.7 Å². The maximum Gasteiger partial charge on any atom is 0.387 e. The van der Waals surface area contributed by atoms with Crippen molar-refractivity contribution in [3.63, 3.8) is 0 Å². The lowest BCUT2D eigenvalue weighted by atomic mass is 9.86. The van der Waals surface area contributed by atoms with Gasteiger partial charge in [0.15, 0.2) is 35.5 Å². The topological polar surface area (TPSA) is 147 Å². The molecule has 4 heterocycles. The highest BCUT2D eigenvalue weighted by atomic mass is 35.5. The standard InChI is InChI=1S/C40H37Cl2F4N3O9S/c41-29-18-49(52)19-30(42)28(29)17-34(24-7-9-33(58-40(45)46)35(16-24)55-21-22-4-5-22)56-38(50)26-2-1-3-27(14-26)59(53,54)47-37(25-6-8-31(43)32(44)15-25)39(51)57-36-20-48-12-10-23(36)11-13-48/h1-3,6-9,14-16,18-19,22-23,34,36-37,40,47H,4-5,10-13,17,20-21H2/t34?,36-,37?/m0/s1. The molecule has 0 radical (unpaired) electrons. The number of hydrogen-bond acceptors (Lipinski definition) is 10. The first-order valence-corrected chi connectivity index (χ1v) is 20.9. The van der Waals surface area contributed by atoms with Gasteiger partial charge in [0.25, 0.3) is 0 Å². The normalized spacial score (nSPS) is 19.9. The van der Waals surface area contributed by atoms with Crippen molar-refractivity contribution >= 4 is 45.2 Å². The number of nitrogens with one attached hydrogen (secondary N) is 1. The van der Waals surface area contributed by atoms with Crippen molar-refractivity contribution < 1.29 is 59.2 Å². The average Bonchev–Trinajstić information content (AvgIpc) is 4.03. The largest absolute Gasteiger partial charge is 0.619 e. The van der Waals surface area contributed by atoms with Gasteiger partial charge in [-0.15, -0.1) is 0 Å². The maximum absolute atomic E-state index is 14.4. The SMILES string of the molecule is O=C(OC(Cc1c(Cl)c[n+]([O-])cc1Cl)c1ccc(OC(F)F)c(OCC2CC2)c1)c1cccc(S(=O)(=O)NC(C(=O)O[C@H]2CN3CCC2CC3)c2ccc(F)c(F)c2)c1. The fourth-order valence-electron chi connectivity index (χ4n) is 7.08. The number of alkyl halides is 2. The van der Waals surface area contributed by atoms with Crippen LogP contribution in [0, 0.1) is 28.7 Å². The molecule has 12 nitrogen and oxygen atoms in total. The number of carbonyl (C=O) groups excluding carboxylic acids is 2. The van der Waals surface area contributed by atoms with E-state index >= 15 is 0 Å². The molecule has 1 saturated carbocycles. The molecule has 314 valence electrons. The van der Waals surface area contributed by atoms with Crippen LogP contribution in [0.5, 0.6) is 11.5 Å². The zero-order chi connectivity index (χ0) is 42.0. The second-order valence-electron chi connectivity index (χ2n) is 14.6. The summed E-state index contributed by atoms with van der Waals surface area (Å²) in [5, 5.41) is 11.8. The molecule has 3 aromatic carbocycles. The number of carbonyl (C=O) groups is 2. The van der Waals surface area contributed by atoms with Gasteiger partial charge in [-0.25, -0.2) is 26.8 Å². The molecule has 2 unspecified atom stereocenters. The van der Waals surface area contributed by atoms with Crippen LogP contribution < -0.4 is 18.9 Å². The summed E-state index contributed by atoms with van der Waals surface area (Å²) in [5.41, 5.74) is -0.0791. The molecule has 2 bridgehead atoms. The highest BCUT2D eigenvalue weighted by Crippen LogP contribution is 2.38. The molecule has 1 N–H and O–H groups in total. The summed E-state index contributed by atoms with van der Waals surface area (Å²) in [6, 6.07) is 9.29. The van der Waals surface area contributed by atoms with Crippen LogP contribution in [0.25, 0.3) is 0 Å². The Balaban J connectivity index is 1.16. The first-order chi connectivity index (χ1) is 28.1. The summed E-state index contributed by atoms with van der Waals surface area (Å²) >= 11 is 12.7. The van der Waals surface area contributed by atoms with Gasteiger partial charge in [0.1, 0.15) is 28.3 Å². The van der Waals surface area contributed by atoms with Crippen LogP contribution in [-0.4, -0.2) is 64.2 Å². The van der Waals surface area contributed by atoms with E-state index < -0.39 is 63.4 Å². The smallest absolute Gasteiger partial charge is 0.387 e. The zero-order valence-electron chi connectivity index (χ0n) is 31.0. The van der Waals surface area contributed by atoms with Gasteiger partial charge in [-0.05, 0) is 104 Å². The molecule has 3 aliphatic heterocycles. The van der Waals surface area contributed by atoms with Gasteiger partial charge < -0.3 is 24.2 Å². The molecule has 59 heavy (non-hydrogen) atoms. The van der Waals surface area contributed by atoms with Crippen molar-refractivity contribution in [2.45, 2.75) is 61.9 Å². The van der Waals surface area contributed by atoms with Gasteiger partial charge in [-0.3, -0.25) is 4.90 Å². The third-order valence-corrected chi connectivity index (χ3v) is 12.5. The number of sulfonamides is 1. The number of fused-ring (bicyclic) bond motifs is 3. The lowest BCUT2D eigenvalue weighted by molar-refractivity contribution is -0.605. The van der Waals surface area contributed by atoms with E-state index in [2.05, 4.69) is 14.4 Å². The van der Waals surface area contributed by atoms with Crippen molar-refractivity contribution in [2.24, 2.45) is 11.8 Å². The molecule has 3 saturated heterocycles. The Morgan fingerprint density at radius 3 is 2.27 bits per heavy atom. The van der Waals surface area contributed by atoms with E-state index in [9.17, 15) is 40.8 Å². The second kappa shape index (κ2) is 17.9. The number of piperidine rings is 3. The summed E-state index contributed by atoms with van der Waals surface area (Å²) in [4.78, 5) is 29.2. The number of rotatable bonds is 16. The second-order valence-corrected chi connectivity index (χ2v) is 17.1. The lowest BCUT2D eigenvalue weighted by Gasteiger charge is -2.44. The van der Waals surface area contributed by atoms with E-state index in [4.69, 9.17) is 37.4 Å². The predicted octanol–water partition coefficient (Wildman–Crippen LogP) is 7.09. The van der Waals surface area contributed by atoms with Gasteiger partial charge in [-0.1, -0.05) is 41.4 Å². The fourth-order valence-corrected chi connectivity index (χ4v) is 8.90. The Labute approximate surface area is 346 Å². The molecule has 4 fully saturated rings. The quantitative estimate of drug-likeness (QED) is 0.0536. The van der Waals surface area contributed by atoms with E-state index in [1.54, 1.807) is 0 Å². The molecule has 1 aliphatic carbocycles. The third-order valence-electron chi connectivity index (χ3n) is 10.5. The molecule has 0 amide bonds. The van der Waals surface area contributed by atoms with Gasteiger partial charge in [-0.2, -0.15) is 18.2 Å². The number of halogens is 6. The predicted molar refractivity (Wildman–Crippen MR) is 203 cm³/mol. The molecule has 4 aliphatic rings. The van der Waals surface area contributed by atoms with E-state index in [-0.39, 0.29) is 68.7 Å². The molecular formula is C40H37Cl2F4N3O9S. The van der Waals surface area contributed by atoms with Crippen LogP contribution >= 0.6 is 23.2 Å². The minimum atomic E-state index is -4.70. The molecule has 3 atom stereocenters. The average molecular weight is 883 g/mol. The van der Waals surface area contributed by atoms with Crippen LogP contribution in [0.2, 0.25) is 10.0 Å². The Kier molecular flexibility index (Phi) is 12.9. The summed E-state index contributed by atoms with van der Waals surface area (Å²) in [6.07, 6.45) is 3.37. The molecule has 0 spiro atoms. The van der Waals surface area contributed by atoms with E-state index in [1.807, 2.05) is 0 Å². The Morgan fingerprint density at radius 2 is 1.63 bits per heavy atom. The minimum Gasteiger partial charge on any atom is -0.619 e. The van der Waals surface area contributed by atoms with Gasteiger partial charge in [0.05, 0.1) is 17.1 Å². The Bertz CT molecular complexity index is 2310. The van der Waals surface area contributed by atoms with Crippen molar-refractivity contribution in [3.05, 3.63) is 122 Å². The van der Waals surface area contributed by atoms with E-state index in [1.165, 1.54) is 30.3 Å². The number of nitrogens with zero attached hydrogens (tertiary/aromatic N) is 2. The summed E-state index contributed by atoms with van der Waals surface area (Å²) < 4.78 is 108. The summed E-state index contributed by atoms with van der Waals surface area (Å²) in [5.74, 6) is -4.64. The van der Waals surface area contributed by atoms with Crippen molar-refractivity contribution in [2.75, 3.05) is 26.2 Å². The van der Waals surface area contributed by atoms with Crippen LogP contribution in [0.4, 0.5) is 17.6 Å². The highest BCUT2D eigenvalue weighted by Gasteiger charge is 2.39. The number of pyridine rings is 1. The highest BCUT2D eigenvalue weighted by molar-refractivity contribution is 7.89. The van der Waals surface area contributed by atoms with E-state index in [0.29, 0.717) is 17.3 Å². The Hall–Kier alpha value is -4.68. The molecule has 4 aromatic rings. The van der Waals surface area contributed by atoms with Gasteiger partial charge in [0, 0.05) is 18.5 Å². The molecule has 19 heteroatoms. The Morgan fingerprint density at radius 1 is 0.915 bits per heavy atom. The fraction of sp³-hybridized carbons (Fsp3) is 0.375. The van der Waals surface area contributed by atoms with Crippen LogP contribution in [0.15, 0.2) is 78.0 Å². The summed E-state index contributed by atoms with van der Waals surface area (Å²) in [6.45, 7) is -0.824. The summed E-state index contributed by atoms with van der Waals surface area (Å²) in [7, 11) is -4.70. The van der Waals surface area contributed by atoms with Crippen molar-refractivity contribution in [1.29, 1.82) is 0 Å². The maximum atomic E-state index is 14.4. The number of benzene rings is 3. The first-order valence-electron chi connectivity index (χ1n) is 18.6.